The second-order valence-electron chi connectivity index (χ2n) is 6.17. The number of carbonyl (C=O) groups is 2. The molecule has 6 heteroatoms. The lowest BCUT2D eigenvalue weighted by Gasteiger charge is -2.27. The number of carbonyl (C=O) groups excluding carboxylic acids is 2. The van der Waals surface area contributed by atoms with Gasteiger partial charge >= 0.3 is 0 Å². The molecule has 4 N–H and O–H groups in total. The van der Waals surface area contributed by atoms with Crippen LogP contribution in [-0.4, -0.2) is 24.4 Å². The predicted octanol–water partition coefficient (Wildman–Crippen LogP) is 1.79. The van der Waals surface area contributed by atoms with E-state index in [4.69, 9.17) is 17.3 Å². The molecule has 0 spiro atoms. The Morgan fingerprint density at radius 3 is 2.50 bits per heavy atom. The predicted molar refractivity (Wildman–Crippen MR) is 88.4 cm³/mol. The fourth-order valence-electron chi connectivity index (χ4n) is 1.93. The van der Waals surface area contributed by atoms with E-state index in [1.807, 2.05) is 39.8 Å². The van der Waals surface area contributed by atoms with E-state index in [-0.39, 0.29) is 24.3 Å². The van der Waals surface area contributed by atoms with Crippen LogP contribution in [0.3, 0.4) is 0 Å². The summed E-state index contributed by atoms with van der Waals surface area (Å²) in [5, 5.41) is 6.02. The second-order valence-corrected chi connectivity index (χ2v) is 6.61. The number of hydrogen-bond acceptors (Lipinski definition) is 3. The van der Waals surface area contributed by atoms with E-state index >= 15 is 0 Å². The Morgan fingerprint density at radius 1 is 1.32 bits per heavy atom. The Morgan fingerprint density at radius 2 is 1.95 bits per heavy atom. The van der Waals surface area contributed by atoms with Crippen molar-refractivity contribution in [3.8, 4) is 0 Å². The third-order valence-electron chi connectivity index (χ3n) is 3.44. The van der Waals surface area contributed by atoms with Crippen molar-refractivity contribution in [1.29, 1.82) is 0 Å². The van der Waals surface area contributed by atoms with E-state index in [1.54, 1.807) is 12.1 Å². The number of rotatable bonds is 6. The number of hydrogen-bond donors (Lipinski definition) is 3. The van der Waals surface area contributed by atoms with Crippen LogP contribution in [0.1, 0.15) is 33.3 Å². The van der Waals surface area contributed by atoms with Crippen LogP contribution in [0.25, 0.3) is 0 Å². The van der Waals surface area contributed by atoms with Gasteiger partial charge < -0.3 is 16.4 Å². The molecular weight excluding hydrogens is 302 g/mol. The molecule has 0 aliphatic carbocycles. The first-order valence-corrected chi connectivity index (χ1v) is 7.61. The van der Waals surface area contributed by atoms with Crippen molar-refractivity contribution in [2.24, 2.45) is 11.7 Å². The van der Waals surface area contributed by atoms with Crippen molar-refractivity contribution in [1.82, 2.24) is 10.6 Å². The standard InChI is InChI=1S/C16H24ClN3O2/c1-10(2)14(18)15(22)19-9-13(21)20-16(3,4)11-6-5-7-12(17)8-11/h5-8,10,14H,9,18H2,1-4H3,(H,19,22)(H,20,21)/t14-/m0/s1. The molecule has 0 fully saturated rings. The number of amides is 2. The lowest BCUT2D eigenvalue weighted by Crippen LogP contribution is -2.50. The van der Waals surface area contributed by atoms with Gasteiger partial charge in [-0.05, 0) is 37.5 Å². The first-order chi connectivity index (χ1) is 10.1. The van der Waals surface area contributed by atoms with Crippen LogP contribution >= 0.6 is 11.6 Å². The fourth-order valence-corrected chi connectivity index (χ4v) is 2.12. The lowest BCUT2D eigenvalue weighted by molar-refractivity contribution is -0.128. The topological polar surface area (TPSA) is 84.2 Å². The molecule has 22 heavy (non-hydrogen) atoms. The van der Waals surface area contributed by atoms with Crippen molar-refractivity contribution in [3.63, 3.8) is 0 Å². The maximum Gasteiger partial charge on any atom is 0.240 e. The van der Waals surface area contributed by atoms with Crippen molar-refractivity contribution in [2.45, 2.75) is 39.3 Å². The normalized spacial score (nSPS) is 12.9. The van der Waals surface area contributed by atoms with E-state index < -0.39 is 11.6 Å². The minimum Gasteiger partial charge on any atom is -0.346 e. The zero-order valence-electron chi connectivity index (χ0n) is 13.4. The Balaban J connectivity index is 2.59. The zero-order valence-corrected chi connectivity index (χ0v) is 14.2. The molecule has 5 nitrogen and oxygen atoms in total. The summed E-state index contributed by atoms with van der Waals surface area (Å²) in [5.41, 5.74) is 6.02. The van der Waals surface area contributed by atoms with E-state index in [2.05, 4.69) is 10.6 Å². The quantitative estimate of drug-likeness (QED) is 0.745. The lowest BCUT2D eigenvalue weighted by atomic mass is 9.94. The van der Waals surface area contributed by atoms with E-state index in [0.29, 0.717) is 5.02 Å². The van der Waals surface area contributed by atoms with Crippen LogP contribution < -0.4 is 16.4 Å². The molecule has 0 unspecified atom stereocenters. The highest BCUT2D eigenvalue weighted by molar-refractivity contribution is 6.30. The monoisotopic (exact) mass is 325 g/mol. The molecule has 0 aromatic heterocycles. The molecule has 122 valence electrons. The van der Waals surface area contributed by atoms with Gasteiger partial charge in [0.1, 0.15) is 0 Å². The Bertz CT molecular complexity index is 544. The maximum atomic E-state index is 12.0. The Hall–Kier alpha value is -1.59. The van der Waals surface area contributed by atoms with Crippen molar-refractivity contribution in [3.05, 3.63) is 34.9 Å². The minimum absolute atomic E-state index is 0.0194. The first kappa shape index (κ1) is 18.5. The van der Waals surface area contributed by atoms with Gasteiger partial charge in [-0.15, -0.1) is 0 Å². The van der Waals surface area contributed by atoms with Crippen LogP contribution in [0, 0.1) is 5.92 Å². The average molecular weight is 326 g/mol. The zero-order chi connectivity index (χ0) is 16.9. The number of nitrogens with one attached hydrogen (secondary N) is 2. The summed E-state index contributed by atoms with van der Waals surface area (Å²) in [7, 11) is 0. The highest BCUT2D eigenvalue weighted by Gasteiger charge is 2.24. The van der Waals surface area contributed by atoms with E-state index in [9.17, 15) is 9.59 Å². The first-order valence-electron chi connectivity index (χ1n) is 7.24. The molecule has 1 atom stereocenters. The highest BCUT2D eigenvalue weighted by Crippen LogP contribution is 2.22. The van der Waals surface area contributed by atoms with Crippen molar-refractivity contribution in [2.75, 3.05) is 6.54 Å². The van der Waals surface area contributed by atoms with Crippen LogP contribution in [0.4, 0.5) is 0 Å². The van der Waals surface area contributed by atoms with Gasteiger partial charge in [0.25, 0.3) is 0 Å². The Kier molecular flexibility index (Phi) is 6.38. The molecule has 0 aliphatic heterocycles. The smallest absolute Gasteiger partial charge is 0.240 e. The maximum absolute atomic E-state index is 12.0. The van der Waals surface area contributed by atoms with Gasteiger partial charge in [0, 0.05) is 5.02 Å². The summed E-state index contributed by atoms with van der Waals surface area (Å²) in [6.45, 7) is 7.35. The Labute approximate surface area is 136 Å². The van der Waals surface area contributed by atoms with Gasteiger partial charge in [-0.2, -0.15) is 0 Å². The van der Waals surface area contributed by atoms with Crippen LogP contribution in [0.2, 0.25) is 5.02 Å². The van der Waals surface area contributed by atoms with Crippen molar-refractivity contribution >= 4 is 23.4 Å². The summed E-state index contributed by atoms with van der Waals surface area (Å²) >= 11 is 5.97. The van der Waals surface area contributed by atoms with Gasteiger partial charge in [0.2, 0.25) is 11.8 Å². The molecule has 1 aromatic carbocycles. The van der Waals surface area contributed by atoms with Crippen LogP contribution in [0.5, 0.6) is 0 Å². The third-order valence-corrected chi connectivity index (χ3v) is 3.68. The summed E-state index contributed by atoms with van der Waals surface area (Å²) in [6, 6.07) is 6.67. The largest absolute Gasteiger partial charge is 0.346 e. The SMILES string of the molecule is CC(C)[C@H](N)C(=O)NCC(=O)NC(C)(C)c1cccc(Cl)c1. The fraction of sp³-hybridized carbons (Fsp3) is 0.500. The minimum atomic E-state index is -0.617. The van der Waals surface area contributed by atoms with Gasteiger partial charge in [-0.1, -0.05) is 37.6 Å². The summed E-state index contributed by atoms with van der Waals surface area (Å²) < 4.78 is 0. The molecule has 0 aliphatic rings. The molecule has 0 saturated carbocycles. The third kappa shape index (κ3) is 5.31. The number of benzene rings is 1. The average Bonchev–Trinajstić information content (AvgIpc) is 2.43. The summed E-state index contributed by atoms with van der Waals surface area (Å²) in [5.74, 6) is -0.592. The molecule has 0 heterocycles. The molecule has 1 rings (SSSR count). The number of nitrogens with two attached hydrogens (primary N) is 1. The molecule has 0 saturated heterocycles. The van der Waals surface area contributed by atoms with Gasteiger partial charge in [-0.3, -0.25) is 9.59 Å². The molecule has 1 aromatic rings. The highest BCUT2D eigenvalue weighted by atomic mass is 35.5. The van der Waals surface area contributed by atoms with Crippen LogP contribution in [0.15, 0.2) is 24.3 Å². The van der Waals surface area contributed by atoms with E-state index in [1.165, 1.54) is 0 Å². The molecule has 0 radical (unpaired) electrons. The summed E-state index contributed by atoms with van der Waals surface area (Å²) in [4.78, 5) is 23.7. The van der Waals surface area contributed by atoms with Gasteiger partial charge in [0.15, 0.2) is 0 Å². The molecule has 2 amide bonds. The summed E-state index contributed by atoms with van der Waals surface area (Å²) in [6.07, 6.45) is 0. The molecular formula is C16H24ClN3O2. The van der Waals surface area contributed by atoms with Crippen molar-refractivity contribution < 1.29 is 9.59 Å². The van der Waals surface area contributed by atoms with Gasteiger partial charge in [0.05, 0.1) is 18.1 Å². The van der Waals surface area contributed by atoms with Crippen LogP contribution in [-0.2, 0) is 15.1 Å². The number of halogens is 1. The molecule has 0 bridgehead atoms. The van der Waals surface area contributed by atoms with E-state index in [0.717, 1.165) is 5.56 Å². The second kappa shape index (κ2) is 7.61. The van der Waals surface area contributed by atoms with Gasteiger partial charge in [-0.25, -0.2) is 0 Å².